The van der Waals surface area contributed by atoms with Crippen molar-refractivity contribution in [3.8, 4) is 11.5 Å². The first-order valence-corrected chi connectivity index (χ1v) is 15.4. The highest BCUT2D eigenvalue weighted by atomic mass is 32.2. The number of aliphatic hydroxyl groups is 1. The Kier molecular flexibility index (Phi) is 9.26. The second-order valence-corrected chi connectivity index (χ2v) is 12.1. The van der Waals surface area contributed by atoms with Crippen LogP contribution in [0.2, 0.25) is 0 Å². The summed E-state index contributed by atoms with van der Waals surface area (Å²) in [6, 6.07) is 17.5. The van der Waals surface area contributed by atoms with E-state index in [9.17, 15) is 13.5 Å². The number of hydrogen-bond donors (Lipinski definition) is 3. The van der Waals surface area contributed by atoms with Crippen LogP contribution < -0.4 is 10.0 Å². The molecule has 1 fully saturated rings. The molecule has 1 aliphatic carbocycles. The average molecular weight is 561 g/mol. The van der Waals surface area contributed by atoms with Crippen molar-refractivity contribution < 1.29 is 17.9 Å². The molecule has 1 saturated carbocycles. The number of oxazole rings is 1. The third-order valence-electron chi connectivity index (χ3n) is 7.45. The lowest BCUT2D eigenvalue weighted by atomic mass is 10.0. The van der Waals surface area contributed by atoms with Gasteiger partial charge in [-0.3, -0.25) is 9.71 Å². The molecular weight excluding hydrogens is 524 g/mol. The molecule has 3 N–H and O–H groups in total. The molecule has 1 atom stereocenters. The SMILES string of the molecule is O=S(=O)(Nc1ccc(CCNCC(O)c2cccnc2)cc1)c1ccc(-c2nc(CCC3CCCC3)co2)cc1. The average Bonchev–Trinajstić information content (AvgIpc) is 3.68. The van der Waals surface area contributed by atoms with E-state index < -0.39 is 16.1 Å². The molecule has 1 aliphatic rings. The number of benzene rings is 2. The van der Waals surface area contributed by atoms with Crippen molar-refractivity contribution in [3.05, 3.63) is 96.1 Å². The molecule has 2 aromatic carbocycles. The normalized spacial score (nSPS) is 14.8. The van der Waals surface area contributed by atoms with Crippen molar-refractivity contribution in [1.82, 2.24) is 15.3 Å². The minimum atomic E-state index is -3.74. The fourth-order valence-electron chi connectivity index (χ4n) is 5.10. The number of sulfonamides is 1. The van der Waals surface area contributed by atoms with Gasteiger partial charge in [0.25, 0.3) is 10.0 Å². The fourth-order valence-corrected chi connectivity index (χ4v) is 6.16. The number of aliphatic hydroxyl groups excluding tert-OH is 1. The summed E-state index contributed by atoms with van der Waals surface area (Å²) in [4.78, 5) is 8.80. The summed E-state index contributed by atoms with van der Waals surface area (Å²) < 4.78 is 34.2. The van der Waals surface area contributed by atoms with Crippen molar-refractivity contribution in [3.63, 3.8) is 0 Å². The Labute approximate surface area is 235 Å². The third-order valence-corrected chi connectivity index (χ3v) is 8.85. The summed E-state index contributed by atoms with van der Waals surface area (Å²) in [5, 5.41) is 13.4. The first-order valence-electron chi connectivity index (χ1n) is 13.9. The van der Waals surface area contributed by atoms with Gasteiger partial charge in [-0.25, -0.2) is 13.4 Å². The number of nitrogens with one attached hydrogen (secondary N) is 2. The first kappa shape index (κ1) is 28.0. The Morgan fingerprint density at radius 2 is 1.77 bits per heavy atom. The van der Waals surface area contributed by atoms with E-state index in [1.165, 1.54) is 25.7 Å². The van der Waals surface area contributed by atoms with Crippen LogP contribution in [0.3, 0.4) is 0 Å². The molecular formula is C31H36N4O4S. The predicted octanol–water partition coefficient (Wildman–Crippen LogP) is 5.53. The number of pyridine rings is 1. The Hall–Kier alpha value is -3.53. The molecule has 8 nitrogen and oxygen atoms in total. The maximum atomic E-state index is 13.0. The van der Waals surface area contributed by atoms with Crippen LogP contribution in [0.1, 0.15) is 55.0 Å². The number of aromatic nitrogens is 2. The van der Waals surface area contributed by atoms with E-state index in [1.807, 2.05) is 18.2 Å². The fraction of sp³-hybridized carbons (Fsp3) is 0.355. The lowest BCUT2D eigenvalue weighted by Gasteiger charge is -2.12. The number of aryl methyl sites for hydroxylation is 1. The zero-order valence-corrected chi connectivity index (χ0v) is 23.3. The maximum absolute atomic E-state index is 13.0. The summed E-state index contributed by atoms with van der Waals surface area (Å²) >= 11 is 0. The lowest BCUT2D eigenvalue weighted by Crippen LogP contribution is -2.23. The highest BCUT2D eigenvalue weighted by Crippen LogP contribution is 2.29. The molecule has 0 bridgehead atoms. The van der Waals surface area contributed by atoms with Gasteiger partial charge in [0.2, 0.25) is 5.89 Å². The van der Waals surface area contributed by atoms with E-state index in [0.29, 0.717) is 24.7 Å². The monoisotopic (exact) mass is 560 g/mol. The van der Waals surface area contributed by atoms with E-state index in [4.69, 9.17) is 4.42 Å². The molecule has 2 aromatic heterocycles. The second-order valence-electron chi connectivity index (χ2n) is 10.4. The minimum Gasteiger partial charge on any atom is -0.444 e. The topological polar surface area (TPSA) is 117 Å². The molecule has 0 radical (unpaired) electrons. The van der Waals surface area contributed by atoms with Crippen LogP contribution in [-0.4, -0.2) is 36.6 Å². The Morgan fingerprint density at radius 3 is 2.50 bits per heavy atom. The van der Waals surface area contributed by atoms with Crippen molar-refractivity contribution in [2.24, 2.45) is 5.92 Å². The van der Waals surface area contributed by atoms with Crippen LogP contribution in [0.25, 0.3) is 11.5 Å². The largest absolute Gasteiger partial charge is 0.444 e. The molecule has 1 unspecified atom stereocenters. The molecule has 40 heavy (non-hydrogen) atoms. The van der Waals surface area contributed by atoms with Gasteiger partial charge in [-0.1, -0.05) is 43.9 Å². The molecule has 0 amide bonds. The summed E-state index contributed by atoms with van der Waals surface area (Å²) in [5.41, 5.74) is 4.02. The molecule has 2 heterocycles. The lowest BCUT2D eigenvalue weighted by molar-refractivity contribution is 0.174. The summed E-state index contributed by atoms with van der Waals surface area (Å²) in [7, 11) is -3.74. The highest BCUT2D eigenvalue weighted by Gasteiger charge is 2.17. The van der Waals surface area contributed by atoms with Gasteiger partial charge < -0.3 is 14.8 Å². The van der Waals surface area contributed by atoms with Crippen molar-refractivity contribution in [1.29, 1.82) is 0 Å². The molecule has 0 aliphatic heterocycles. The number of rotatable bonds is 13. The third kappa shape index (κ3) is 7.56. The molecule has 9 heteroatoms. The van der Waals surface area contributed by atoms with Gasteiger partial charge in [-0.2, -0.15) is 0 Å². The number of hydrogen-bond acceptors (Lipinski definition) is 7. The van der Waals surface area contributed by atoms with E-state index >= 15 is 0 Å². The van der Waals surface area contributed by atoms with Crippen molar-refractivity contribution in [2.75, 3.05) is 17.8 Å². The second kappa shape index (κ2) is 13.2. The van der Waals surface area contributed by atoms with Gasteiger partial charge in [-0.15, -0.1) is 0 Å². The molecule has 5 rings (SSSR count). The molecule has 210 valence electrons. The minimum absolute atomic E-state index is 0.171. The van der Waals surface area contributed by atoms with Gasteiger partial charge in [0.15, 0.2) is 0 Å². The zero-order valence-electron chi connectivity index (χ0n) is 22.5. The zero-order chi connectivity index (χ0) is 27.8. The van der Waals surface area contributed by atoms with Gasteiger partial charge in [0, 0.05) is 35.8 Å². The van der Waals surface area contributed by atoms with Crippen LogP contribution in [0, 0.1) is 5.92 Å². The standard InChI is InChI=1S/C31H36N4O4S/c36-30(26-6-3-18-32-20-26)21-33-19-17-24-7-12-27(13-8-24)35-40(37,38)29-15-10-25(11-16-29)31-34-28(22-39-31)14-9-23-4-1-2-5-23/h3,6-8,10-13,15-16,18,20,22-23,30,33,35-36H,1-2,4-5,9,14,17,19,21H2. The van der Waals surface area contributed by atoms with Gasteiger partial charge in [0.05, 0.1) is 16.7 Å². The van der Waals surface area contributed by atoms with Crippen LogP contribution in [0.5, 0.6) is 0 Å². The van der Waals surface area contributed by atoms with Gasteiger partial charge in [0.1, 0.15) is 6.26 Å². The summed E-state index contributed by atoms with van der Waals surface area (Å²) in [6.07, 6.45) is 12.5. The molecule has 0 saturated heterocycles. The summed E-state index contributed by atoms with van der Waals surface area (Å²) in [6.45, 7) is 1.11. The highest BCUT2D eigenvalue weighted by molar-refractivity contribution is 7.92. The van der Waals surface area contributed by atoms with E-state index in [2.05, 4.69) is 20.0 Å². The van der Waals surface area contributed by atoms with Crippen LogP contribution in [0.4, 0.5) is 5.69 Å². The maximum Gasteiger partial charge on any atom is 0.261 e. The number of anilines is 1. The molecule has 4 aromatic rings. The smallest absolute Gasteiger partial charge is 0.261 e. The van der Waals surface area contributed by atoms with Gasteiger partial charge in [-0.05, 0) is 79.8 Å². The van der Waals surface area contributed by atoms with E-state index in [1.54, 1.807) is 61.1 Å². The quantitative estimate of drug-likeness (QED) is 0.184. The van der Waals surface area contributed by atoms with Crippen molar-refractivity contribution >= 4 is 15.7 Å². The van der Waals surface area contributed by atoms with E-state index in [-0.39, 0.29) is 4.90 Å². The summed E-state index contributed by atoms with van der Waals surface area (Å²) in [5.74, 6) is 1.31. The van der Waals surface area contributed by atoms with Crippen LogP contribution >= 0.6 is 0 Å². The Balaban J connectivity index is 1.10. The molecule has 0 spiro atoms. The van der Waals surface area contributed by atoms with Crippen LogP contribution in [-0.2, 0) is 22.9 Å². The van der Waals surface area contributed by atoms with Crippen molar-refractivity contribution in [2.45, 2.75) is 55.9 Å². The Bertz CT molecular complexity index is 1450. The first-order chi connectivity index (χ1) is 19.5. The van der Waals surface area contributed by atoms with Gasteiger partial charge >= 0.3 is 0 Å². The van der Waals surface area contributed by atoms with E-state index in [0.717, 1.165) is 47.6 Å². The Morgan fingerprint density at radius 1 is 1.00 bits per heavy atom. The predicted molar refractivity (Wildman–Crippen MR) is 155 cm³/mol. The van der Waals surface area contributed by atoms with Crippen LogP contribution in [0.15, 0.2) is 88.6 Å². The number of nitrogens with zero attached hydrogens (tertiary/aromatic N) is 2.